The number of hydrogen-bond donors (Lipinski definition) is 1. The molecule has 2 aromatic heterocycles. The van der Waals surface area contributed by atoms with Crippen molar-refractivity contribution in [3.05, 3.63) is 84.3 Å². The van der Waals surface area contributed by atoms with Crippen LogP contribution in [0, 0.1) is 5.82 Å². The second-order valence-corrected chi connectivity index (χ2v) is 8.98. The first kappa shape index (κ1) is 24.4. The highest BCUT2D eigenvalue weighted by Crippen LogP contribution is 2.31. The molecule has 188 valence electrons. The summed E-state index contributed by atoms with van der Waals surface area (Å²) in [6.07, 6.45) is 1.82. The summed E-state index contributed by atoms with van der Waals surface area (Å²) in [5.41, 5.74) is 3.14. The fourth-order valence-corrected chi connectivity index (χ4v) is 4.57. The summed E-state index contributed by atoms with van der Waals surface area (Å²) >= 11 is 1.14. The molecule has 3 aromatic carbocycles. The molecular formula is C27H23FN4O4S. The van der Waals surface area contributed by atoms with Gasteiger partial charge >= 0.3 is 0 Å². The van der Waals surface area contributed by atoms with Crippen LogP contribution in [0.4, 0.5) is 10.1 Å². The lowest BCUT2D eigenvalue weighted by atomic mass is 10.1. The van der Waals surface area contributed by atoms with Gasteiger partial charge in [0, 0.05) is 22.8 Å². The molecule has 8 nitrogen and oxygen atoms in total. The minimum absolute atomic E-state index is 0.0418. The molecule has 0 saturated heterocycles. The summed E-state index contributed by atoms with van der Waals surface area (Å²) in [6.45, 7) is 0.246. The normalized spacial score (nSPS) is 11.0. The smallest absolute Gasteiger partial charge is 0.277 e. The van der Waals surface area contributed by atoms with E-state index < -0.39 is 0 Å². The van der Waals surface area contributed by atoms with E-state index in [1.807, 2.05) is 36.5 Å². The van der Waals surface area contributed by atoms with Crippen molar-refractivity contribution < 1.29 is 23.1 Å². The number of halogens is 1. The van der Waals surface area contributed by atoms with E-state index in [4.69, 9.17) is 13.9 Å². The van der Waals surface area contributed by atoms with Crippen LogP contribution < -0.4 is 14.4 Å². The molecule has 0 bridgehead atoms. The van der Waals surface area contributed by atoms with E-state index >= 15 is 0 Å². The van der Waals surface area contributed by atoms with Crippen LogP contribution in [0.2, 0.25) is 0 Å². The number of benzene rings is 3. The van der Waals surface area contributed by atoms with Crippen LogP contribution in [0.15, 0.2) is 82.6 Å². The van der Waals surface area contributed by atoms with Gasteiger partial charge < -0.3 is 23.8 Å². The Morgan fingerprint density at radius 3 is 2.59 bits per heavy atom. The summed E-state index contributed by atoms with van der Waals surface area (Å²) in [4.78, 5) is 18.1. The highest BCUT2D eigenvalue weighted by Gasteiger charge is 2.20. The lowest BCUT2D eigenvalue weighted by Crippen LogP contribution is -2.32. The van der Waals surface area contributed by atoms with Crippen LogP contribution in [0.1, 0.15) is 5.56 Å². The Labute approximate surface area is 216 Å². The molecule has 5 aromatic rings. The van der Waals surface area contributed by atoms with Gasteiger partial charge in [-0.3, -0.25) is 4.79 Å². The van der Waals surface area contributed by atoms with E-state index in [0.717, 1.165) is 33.8 Å². The molecule has 0 aliphatic rings. The summed E-state index contributed by atoms with van der Waals surface area (Å²) < 4.78 is 30.1. The Kier molecular flexibility index (Phi) is 7.09. The molecule has 5 rings (SSSR count). The largest absolute Gasteiger partial charge is 0.493 e. The zero-order valence-corrected chi connectivity index (χ0v) is 20.9. The van der Waals surface area contributed by atoms with Gasteiger partial charge in [-0.25, -0.2) is 4.39 Å². The number of ether oxygens (including phenoxy) is 2. The topological polar surface area (TPSA) is 93.5 Å². The zero-order chi connectivity index (χ0) is 25.8. The molecule has 0 fully saturated rings. The molecule has 0 aliphatic heterocycles. The monoisotopic (exact) mass is 518 g/mol. The molecule has 0 unspecified atom stereocenters. The zero-order valence-electron chi connectivity index (χ0n) is 20.1. The van der Waals surface area contributed by atoms with Crippen LogP contribution in [0.3, 0.4) is 0 Å². The van der Waals surface area contributed by atoms with Crippen LogP contribution in [-0.2, 0) is 11.3 Å². The van der Waals surface area contributed by atoms with Gasteiger partial charge in [-0.2, -0.15) is 0 Å². The number of carbonyl (C=O) groups excluding carboxylic acids is 1. The quantitative estimate of drug-likeness (QED) is 0.250. The first-order valence-corrected chi connectivity index (χ1v) is 12.3. The fourth-order valence-electron chi connectivity index (χ4n) is 3.93. The van der Waals surface area contributed by atoms with Gasteiger partial charge in [0.15, 0.2) is 11.5 Å². The Morgan fingerprint density at radius 2 is 1.81 bits per heavy atom. The van der Waals surface area contributed by atoms with E-state index in [9.17, 15) is 9.18 Å². The number of H-pyrrole nitrogens is 1. The fraction of sp³-hybridized carbons (Fsp3) is 0.148. The van der Waals surface area contributed by atoms with E-state index in [-0.39, 0.29) is 29.2 Å². The number of nitrogens with zero attached hydrogens (tertiary/aromatic N) is 3. The summed E-state index contributed by atoms with van der Waals surface area (Å²) in [5.74, 6) is 0.958. The molecule has 0 aliphatic carbocycles. The molecule has 0 spiro atoms. The number of anilines is 1. The molecule has 0 atom stereocenters. The maximum Gasteiger partial charge on any atom is 0.277 e. The number of thioether (sulfide) groups is 1. The minimum Gasteiger partial charge on any atom is -0.493 e. The first-order valence-electron chi connectivity index (χ1n) is 11.4. The van der Waals surface area contributed by atoms with Crippen molar-refractivity contribution in [2.75, 3.05) is 24.9 Å². The second-order valence-electron chi connectivity index (χ2n) is 8.06. The average Bonchev–Trinajstić information content (AvgIpc) is 3.58. The predicted molar refractivity (Wildman–Crippen MR) is 139 cm³/mol. The van der Waals surface area contributed by atoms with E-state index in [0.29, 0.717) is 23.1 Å². The van der Waals surface area contributed by atoms with Gasteiger partial charge in [0.05, 0.1) is 32.1 Å². The van der Waals surface area contributed by atoms with Crippen molar-refractivity contribution in [2.45, 2.75) is 11.8 Å². The molecule has 0 saturated carbocycles. The molecule has 10 heteroatoms. The molecule has 2 heterocycles. The van der Waals surface area contributed by atoms with Crippen molar-refractivity contribution >= 4 is 34.3 Å². The second kappa shape index (κ2) is 10.8. The third-order valence-electron chi connectivity index (χ3n) is 5.77. The van der Waals surface area contributed by atoms with Gasteiger partial charge in [0.25, 0.3) is 11.1 Å². The van der Waals surface area contributed by atoms with Gasteiger partial charge in [0.1, 0.15) is 5.82 Å². The highest BCUT2D eigenvalue weighted by molar-refractivity contribution is 7.99. The molecule has 0 radical (unpaired) electrons. The number of nitrogens with one attached hydrogen (secondary N) is 1. The Hall–Kier alpha value is -4.31. The predicted octanol–water partition coefficient (Wildman–Crippen LogP) is 5.70. The number of amides is 1. The number of hydrogen-bond acceptors (Lipinski definition) is 7. The van der Waals surface area contributed by atoms with E-state index in [2.05, 4.69) is 15.2 Å². The maximum absolute atomic E-state index is 13.6. The van der Waals surface area contributed by atoms with Gasteiger partial charge in [-0.1, -0.05) is 36.0 Å². The van der Waals surface area contributed by atoms with E-state index in [1.54, 1.807) is 43.4 Å². The number of aromatic nitrogens is 3. The lowest BCUT2D eigenvalue weighted by Gasteiger charge is -2.23. The maximum atomic E-state index is 13.6. The van der Waals surface area contributed by atoms with Gasteiger partial charge in [0.2, 0.25) is 5.91 Å². The summed E-state index contributed by atoms with van der Waals surface area (Å²) in [6, 6.07) is 19.0. The Morgan fingerprint density at radius 1 is 1.03 bits per heavy atom. The number of para-hydroxylation sites is 1. The standard InChI is InChI=1S/C27H23FN4O4S/c1-34-23-12-7-17(13-24(23)35-2)15-32(19-10-8-18(28)9-11-19)25(33)16-37-27-31-30-26(36-27)21-14-29-22-6-4-3-5-20(21)22/h3-14,29H,15-16H2,1-2H3. The average molecular weight is 519 g/mol. The number of fused-ring (bicyclic) bond motifs is 1. The van der Waals surface area contributed by atoms with Gasteiger partial charge in [-0.15, -0.1) is 10.2 Å². The molecular weight excluding hydrogens is 495 g/mol. The third kappa shape index (κ3) is 5.29. The number of rotatable bonds is 9. The summed E-state index contributed by atoms with van der Waals surface area (Å²) in [5, 5.41) is 9.50. The molecule has 1 N–H and O–H groups in total. The first-order chi connectivity index (χ1) is 18.1. The van der Waals surface area contributed by atoms with Crippen LogP contribution >= 0.6 is 11.8 Å². The number of aromatic amines is 1. The van der Waals surface area contributed by atoms with Crippen LogP contribution in [0.25, 0.3) is 22.4 Å². The molecule has 1 amide bonds. The van der Waals surface area contributed by atoms with Crippen LogP contribution in [0.5, 0.6) is 11.5 Å². The van der Waals surface area contributed by atoms with Crippen molar-refractivity contribution in [2.24, 2.45) is 0 Å². The van der Waals surface area contributed by atoms with Crippen molar-refractivity contribution in [1.29, 1.82) is 0 Å². The number of carbonyl (C=O) groups is 1. The van der Waals surface area contributed by atoms with E-state index in [1.165, 1.54) is 12.1 Å². The number of methoxy groups -OCH3 is 2. The molecule has 37 heavy (non-hydrogen) atoms. The third-order valence-corrected chi connectivity index (χ3v) is 6.58. The minimum atomic E-state index is -0.382. The van der Waals surface area contributed by atoms with Crippen molar-refractivity contribution in [3.8, 4) is 23.0 Å². The van der Waals surface area contributed by atoms with Gasteiger partial charge in [-0.05, 0) is 48.0 Å². The summed E-state index contributed by atoms with van der Waals surface area (Å²) in [7, 11) is 3.11. The Balaban J connectivity index is 1.34. The lowest BCUT2D eigenvalue weighted by molar-refractivity contribution is -0.116. The SMILES string of the molecule is COc1ccc(CN(C(=O)CSc2nnc(-c3c[nH]c4ccccc34)o2)c2ccc(F)cc2)cc1OC. The van der Waals surface area contributed by atoms with Crippen molar-refractivity contribution in [3.63, 3.8) is 0 Å². The highest BCUT2D eigenvalue weighted by atomic mass is 32.2. The van der Waals surface area contributed by atoms with Crippen molar-refractivity contribution in [1.82, 2.24) is 15.2 Å². The van der Waals surface area contributed by atoms with Crippen LogP contribution in [-0.4, -0.2) is 41.1 Å². The Bertz CT molecular complexity index is 1530.